The lowest BCUT2D eigenvalue weighted by atomic mass is 10.1. The fourth-order valence-corrected chi connectivity index (χ4v) is 3.17. The number of hydrogen-bond acceptors (Lipinski definition) is 3. The van der Waals surface area contributed by atoms with E-state index in [9.17, 15) is 8.42 Å². The lowest BCUT2D eigenvalue weighted by Crippen LogP contribution is -2.30. The van der Waals surface area contributed by atoms with Gasteiger partial charge in [0.15, 0.2) is 0 Å². The van der Waals surface area contributed by atoms with E-state index in [1.807, 2.05) is 0 Å². The molecule has 1 aliphatic rings. The monoisotopic (exact) mass is 298 g/mol. The van der Waals surface area contributed by atoms with Gasteiger partial charge >= 0.3 is 0 Å². The van der Waals surface area contributed by atoms with Crippen LogP contribution in [0.5, 0.6) is 0 Å². The predicted molar refractivity (Wildman–Crippen MR) is 80.3 cm³/mol. The first-order chi connectivity index (χ1) is 8.80. The van der Waals surface area contributed by atoms with Crippen LogP contribution in [0.25, 0.3) is 0 Å². The van der Waals surface area contributed by atoms with Crippen LogP contribution in [-0.2, 0) is 15.8 Å². The molecule has 1 aromatic rings. The Labute approximate surface area is 119 Å². The molecule has 6 heteroatoms. The third-order valence-corrected chi connectivity index (χ3v) is 4.92. The molecule has 0 aliphatic heterocycles. The summed E-state index contributed by atoms with van der Waals surface area (Å²) in [5.74, 6) is -0.0421. The van der Waals surface area contributed by atoms with Crippen LogP contribution in [0.3, 0.4) is 0 Å². The lowest BCUT2D eigenvalue weighted by Gasteiger charge is -2.11. The van der Waals surface area contributed by atoms with Gasteiger partial charge in [0.2, 0.25) is 10.0 Å². The van der Waals surface area contributed by atoms with Gasteiger partial charge in [-0.05, 0) is 29.9 Å². The largest absolute Gasteiger partial charge is 0.389 e. The smallest absolute Gasteiger partial charge is 0.215 e. The minimum absolute atomic E-state index is 0.0421. The van der Waals surface area contributed by atoms with Crippen molar-refractivity contribution in [1.29, 1.82) is 0 Å². The van der Waals surface area contributed by atoms with Crippen LogP contribution in [0.1, 0.15) is 30.9 Å². The molecular formula is C13H18N2O2S2. The second-order valence-electron chi connectivity index (χ2n) is 5.46. The molecule has 0 unspecified atom stereocenters. The minimum atomic E-state index is -3.30. The van der Waals surface area contributed by atoms with Crippen LogP contribution in [-0.4, -0.2) is 20.0 Å². The van der Waals surface area contributed by atoms with Gasteiger partial charge in [-0.25, -0.2) is 13.1 Å². The summed E-state index contributed by atoms with van der Waals surface area (Å²) in [7, 11) is -3.30. The van der Waals surface area contributed by atoms with Gasteiger partial charge in [-0.15, -0.1) is 0 Å². The standard InChI is InChI=1S/C13H18N2O2S2/c1-13(5-6-13)9-15-19(16,17)8-10-3-2-4-11(7-10)12(14)18/h2-4,7,15H,5-6,8-9H2,1H3,(H2,14,18). The Morgan fingerprint density at radius 3 is 2.74 bits per heavy atom. The van der Waals surface area contributed by atoms with Gasteiger partial charge in [-0.3, -0.25) is 0 Å². The summed E-state index contributed by atoms with van der Waals surface area (Å²) in [5.41, 5.74) is 7.08. The summed E-state index contributed by atoms with van der Waals surface area (Å²) in [6.45, 7) is 2.60. The number of sulfonamides is 1. The molecule has 2 rings (SSSR count). The average molecular weight is 298 g/mol. The van der Waals surface area contributed by atoms with Crippen LogP contribution in [0.4, 0.5) is 0 Å². The highest BCUT2D eigenvalue weighted by atomic mass is 32.2. The van der Waals surface area contributed by atoms with Gasteiger partial charge in [-0.2, -0.15) is 0 Å². The Balaban J connectivity index is 2.02. The zero-order chi connectivity index (χ0) is 14.1. The maximum atomic E-state index is 12.0. The van der Waals surface area contributed by atoms with Crippen LogP contribution >= 0.6 is 12.2 Å². The van der Waals surface area contributed by atoms with Crippen LogP contribution in [0.15, 0.2) is 24.3 Å². The quantitative estimate of drug-likeness (QED) is 0.782. The fourth-order valence-electron chi connectivity index (χ4n) is 1.76. The van der Waals surface area contributed by atoms with Crippen molar-refractivity contribution in [2.45, 2.75) is 25.5 Å². The number of hydrogen-bond donors (Lipinski definition) is 2. The van der Waals surface area contributed by atoms with Crippen molar-refractivity contribution in [3.8, 4) is 0 Å². The highest BCUT2D eigenvalue weighted by Crippen LogP contribution is 2.44. The Bertz CT molecular complexity index is 592. The van der Waals surface area contributed by atoms with Crippen molar-refractivity contribution >= 4 is 27.2 Å². The number of nitrogens with two attached hydrogens (primary N) is 1. The lowest BCUT2D eigenvalue weighted by molar-refractivity contribution is 0.530. The summed E-state index contributed by atoms with van der Waals surface area (Å²) in [5, 5.41) is 0. The summed E-state index contributed by atoms with van der Waals surface area (Å²) >= 11 is 4.88. The van der Waals surface area contributed by atoms with Gasteiger partial charge in [0, 0.05) is 12.1 Å². The van der Waals surface area contributed by atoms with E-state index in [4.69, 9.17) is 18.0 Å². The van der Waals surface area contributed by atoms with Gasteiger partial charge < -0.3 is 5.73 Å². The summed E-state index contributed by atoms with van der Waals surface area (Å²) in [6, 6.07) is 7.03. The maximum absolute atomic E-state index is 12.0. The molecule has 1 saturated carbocycles. The topological polar surface area (TPSA) is 72.2 Å². The third-order valence-electron chi connectivity index (χ3n) is 3.39. The first-order valence-electron chi connectivity index (χ1n) is 6.16. The average Bonchev–Trinajstić information content (AvgIpc) is 3.06. The molecule has 0 bridgehead atoms. The second kappa shape index (κ2) is 5.19. The molecule has 0 atom stereocenters. The number of thiocarbonyl (C=S) groups is 1. The Kier molecular flexibility index (Phi) is 3.94. The van der Waals surface area contributed by atoms with Crippen molar-refractivity contribution in [3.05, 3.63) is 35.4 Å². The first-order valence-corrected chi connectivity index (χ1v) is 8.22. The molecule has 0 heterocycles. The molecule has 3 N–H and O–H groups in total. The van der Waals surface area contributed by atoms with Crippen LogP contribution in [0.2, 0.25) is 0 Å². The Morgan fingerprint density at radius 1 is 1.47 bits per heavy atom. The molecule has 4 nitrogen and oxygen atoms in total. The van der Waals surface area contributed by atoms with Gasteiger partial charge in [0.05, 0.1) is 5.75 Å². The fraction of sp³-hybridized carbons (Fsp3) is 0.462. The molecule has 0 saturated heterocycles. The van der Waals surface area contributed by atoms with E-state index in [0.29, 0.717) is 17.7 Å². The van der Waals surface area contributed by atoms with Crippen LogP contribution in [0, 0.1) is 5.41 Å². The second-order valence-corrected chi connectivity index (χ2v) is 7.70. The van der Waals surface area contributed by atoms with Crippen LogP contribution < -0.4 is 10.5 Å². The van der Waals surface area contributed by atoms with Gasteiger partial charge in [-0.1, -0.05) is 37.3 Å². The Morgan fingerprint density at radius 2 is 2.16 bits per heavy atom. The van der Waals surface area contributed by atoms with Crippen molar-refractivity contribution < 1.29 is 8.42 Å². The summed E-state index contributed by atoms with van der Waals surface area (Å²) in [6.07, 6.45) is 2.18. The zero-order valence-corrected chi connectivity index (χ0v) is 12.5. The molecule has 0 aromatic heterocycles. The molecule has 0 spiro atoms. The minimum Gasteiger partial charge on any atom is -0.389 e. The summed E-state index contributed by atoms with van der Waals surface area (Å²) < 4.78 is 26.6. The zero-order valence-electron chi connectivity index (χ0n) is 10.8. The van der Waals surface area contributed by atoms with E-state index in [1.165, 1.54) is 0 Å². The molecule has 1 fully saturated rings. The molecule has 19 heavy (non-hydrogen) atoms. The molecule has 0 radical (unpaired) electrons. The molecule has 1 aliphatic carbocycles. The van der Waals surface area contributed by atoms with Crippen molar-refractivity contribution in [2.75, 3.05) is 6.54 Å². The van der Waals surface area contributed by atoms with E-state index in [1.54, 1.807) is 24.3 Å². The summed E-state index contributed by atoms with van der Waals surface area (Å²) in [4.78, 5) is 0.276. The normalized spacial score (nSPS) is 17.1. The van der Waals surface area contributed by atoms with E-state index in [0.717, 1.165) is 12.8 Å². The third kappa shape index (κ3) is 4.26. The number of benzene rings is 1. The molecular weight excluding hydrogens is 280 g/mol. The predicted octanol–water partition coefficient (Wildman–Crippen LogP) is 1.54. The molecule has 0 amide bonds. The van der Waals surface area contributed by atoms with Gasteiger partial charge in [0.25, 0.3) is 0 Å². The maximum Gasteiger partial charge on any atom is 0.215 e. The van der Waals surface area contributed by atoms with E-state index >= 15 is 0 Å². The van der Waals surface area contributed by atoms with E-state index in [-0.39, 0.29) is 16.2 Å². The van der Waals surface area contributed by atoms with E-state index < -0.39 is 10.0 Å². The van der Waals surface area contributed by atoms with Crippen molar-refractivity contribution in [2.24, 2.45) is 11.1 Å². The first kappa shape index (κ1) is 14.4. The van der Waals surface area contributed by atoms with Crippen molar-refractivity contribution in [3.63, 3.8) is 0 Å². The SMILES string of the molecule is CC1(CNS(=O)(=O)Cc2cccc(C(N)=S)c2)CC1. The Hall–Kier alpha value is -0.980. The van der Waals surface area contributed by atoms with E-state index in [2.05, 4.69) is 11.6 Å². The highest BCUT2D eigenvalue weighted by Gasteiger charge is 2.37. The molecule has 1 aromatic carbocycles. The number of nitrogens with one attached hydrogen (secondary N) is 1. The molecule has 104 valence electrons. The number of rotatable bonds is 6. The highest BCUT2D eigenvalue weighted by molar-refractivity contribution is 7.88. The van der Waals surface area contributed by atoms with Gasteiger partial charge in [0.1, 0.15) is 4.99 Å². The van der Waals surface area contributed by atoms with Crippen molar-refractivity contribution in [1.82, 2.24) is 4.72 Å².